The summed E-state index contributed by atoms with van der Waals surface area (Å²) in [4.78, 5) is 11.3. The maximum absolute atomic E-state index is 6.18. The van der Waals surface area contributed by atoms with E-state index in [4.69, 9.17) is 9.72 Å². The van der Waals surface area contributed by atoms with Crippen LogP contribution in [0.3, 0.4) is 0 Å². The van der Waals surface area contributed by atoms with E-state index < -0.39 is 0 Å². The minimum atomic E-state index is 0. The Morgan fingerprint density at radius 3 is 2.62 bits per heavy atom. The van der Waals surface area contributed by atoms with Crippen LogP contribution < -0.4 is 15.5 Å². The highest BCUT2D eigenvalue weighted by molar-refractivity contribution is 14.0. The zero-order chi connectivity index (χ0) is 23.2. The van der Waals surface area contributed by atoms with E-state index in [1.807, 2.05) is 32.1 Å². The number of halogens is 1. The summed E-state index contributed by atoms with van der Waals surface area (Å²) in [7, 11) is 5.86. The lowest BCUT2D eigenvalue weighted by molar-refractivity contribution is -0.0265. The number of benzene rings is 2. The van der Waals surface area contributed by atoms with Crippen molar-refractivity contribution in [3.63, 3.8) is 0 Å². The molecule has 2 atom stereocenters. The summed E-state index contributed by atoms with van der Waals surface area (Å²) in [5.41, 5.74) is 4.74. The zero-order valence-corrected chi connectivity index (χ0v) is 22.9. The van der Waals surface area contributed by atoms with Crippen LogP contribution in [0, 0.1) is 12.8 Å². The molecule has 0 radical (unpaired) electrons. The smallest absolute Gasteiger partial charge is 0.191 e. The summed E-state index contributed by atoms with van der Waals surface area (Å²) < 4.78 is 6.18. The molecule has 0 spiro atoms. The summed E-state index contributed by atoms with van der Waals surface area (Å²) in [6.45, 7) is 4.43. The molecule has 2 unspecified atom stereocenters. The zero-order valence-electron chi connectivity index (χ0n) is 20.5. The standard InChI is InChI=1S/C27H35N5O.HI/c1-19-11-13-20(14-12-19)26-21(8-7-15-33-26)17-29-27(28-2)30-18-22-16-25(32(3)4)31-24-10-6-5-9-23(22)24;/h5-6,9-14,16,21,26H,7-8,15,17-18H2,1-4H3,(H2,28,29,30);1H. The van der Waals surface area contributed by atoms with Crippen molar-refractivity contribution in [3.05, 3.63) is 71.3 Å². The van der Waals surface area contributed by atoms with E-state index in [0.717, 1.165) is 48.7 Å². The van der Waals surface area contributed by atoms with Gasteiger partial charge in [-0.2, -0.15) is 0 Å². The molecular weight excluding hydrogens is 537 g/mol. The monoisotopic (exact) mass is 573 g/mol. The summed E-state index contributed by atoms with van der Waals surface area (Å²) in [6, 6.07) is 19.1. The SMILES string of the molecule is CN=C(NCc1cc(N(C)C)nc2ccccc12)NCC1CCCOC1c1ccc(C)cc1.I. The van der Waals surface area contributed by atoms with Gasteiger partial charge in [-0.15, -0.1) is 24.0 Å². The summed E-state index contributed by atoms with van der Waals surface area (Å²) in [6.07, 6.45) is 2.36. The van der Waals surface area contributed by atoms with Crippen LogP contribution in [0.2, 0.25) is 0 Å². The van der Waals surface area contributed by atoms with Crippen molar-refractivity contribution in [3.8, 4) is 0 Å². The van der Waals surface area contributed by atoms with Crippen LogP contribution in [-0.4, -0.2) is 45.2 Å². The second kappa shape index (κ2) is 12.4. The Balaban J connectivity index is 0.00000324. The van der Waals surface area contributed by atoms with Gasteiger partial charge in [0.2, 0.25) is 0 Å². The van der Waals surface area contributed by atoms with E-state index in [0.29, 0.717) is 12.5 Å². The Morgan fingerprint density at radius 1 is 1.12 bits per heavy atom. The molecule has 34 heavy (non-hydrogen) atoms. The van der Waals surface area contributed by atoms with Crippen molar-refractivity contribution < 1.29 is 4.74 Å². The number of anilines is 1. The predicted molar refractivity (Wildman–Crippen MR) is 152 cm³/mol. The third-order valence-electron chi connectivity index (χ3n) is 6.30. The molecule has 1 aliphatic rings. The molecule has 0 aliphatic carbocycles. The Kier molecular flexibility index (Phi) is 9.53. The first kappa shape index (κ1) is 26.2. The summed E-state index contributed by atoms with van der Waals surface area (Å²) in [5, 5.41) is 8.19. The fourth-order valence-electron chi connectivity index (χ4n) is 4.41. The number of nitrogens with zero attached hydrogens (tertiary/aromatic N) is 3. The number of nitrogens with one attached hydrogen (secondary N) is 2. The van der Waals surface area contributed by atoms with Crippen LogP contribution >= 0.6 is 24.0 Å². The van der Waals surface area contributed by atoms with Gasteiger partial charge in [0.25, 0.3) is 0 Å². The summed E-state index contributed by atoms with van der Waals surface area (Å²) >= 11 is 0. The molecule has 2 N–H and O–H groups in total. The van der Waals surface area contributed by atoms with Crippen molar-refractivity contribution in [2.24, 2.45) is 10.9 Å². The molecule has 1 aliphatic heterocycles. The first-order valence-corrected chi connectivity index (χ1v) is 11.7. The van der Waals surface area contributed by atoms with E-state index in [9.17, 15) is 0 Å². The third-order valence-corrected chi connectivity index (χ3v) is 6.30. The molecular formula is C27H36IN5O. The van der Waals surface area contributed by atoms with E-state index in [2.05, 4.69) is 71.1 Å². The van der Waals surface area contributed by atoms with Gasteiger partial charge in [0, 0.05) is 52.1 Å². The van der Waals surface area contributed by atoms with Gasteiger partial charge in [0.15, 0.2) is 5.96 Å². The number of hydrogen-bond donors (Lipinski definition) is 2. The van der Waals surface area contributed by atoms with Crippen LogP contribution in [0.15, 0.2) is 59.6 Å². The number of rotatable bonds is 6. The number of fused-ring (bicyclic) bond motifs is 1. The number of guanidine groups is 1. The third kappa shape index (κ3) is 6.39. The van der Waals surface area contributed by atoms with Gasteiger partial charge >= 0.3 is 0 Å². The number of aryl methyl sites for hydroxylation is 1. The van der Waals surface area contributed by atoms with Crippen molar-refractivity contribution in [2.45, 2.75) is 32.4 Å². The number of pyridine rings is 1. The first-order chi connectivity index (χ1) is 16.0. The maximum Gasteiger partial charge on any atom is 0.191 e. The Hall–Kier alpha value is -2.39. The van der Waals surface area contributed by atoms with Crippen LogP contribution in [0.1, 0.15) is 35.6 Å². The van der Waals surface area contributed by atoms with Gasteiger partial charge in [0.1, 0.15) is 5.82 Å². The van der Waals surface area contributed by atoms with Gasteiger partial charge in [-0.05, 0) is 43.0 Å². The van der Waals surface area contributed by atoms with E-state index in [-0.39, 0.29) is 30.1 Å². The highest BCUT2D eigenvalue weighted by Gasteiger charge is 2.27. The molecule has 0 bridgehead atoms. The molecule has 7 heteroatoms. The Bertz CT molecular complexity index is 1100. The fourth-order valence-corrected chi connectivity index (χ4v) is 4.41. The van der Waals surface area contributed by atoms with E-state index in [1.54, 1.807) is 0 Å². The molecule has 4 rings (SSSR count). The van der Waals surface area contributed by atoms with Crippen molar-refractivity contribution in [1.82, 2.24) is 15.6 Å². The van der Waals surface area contributed by atoms with Gasteiger partial charge in [-0.25, -0.2) is 4.98 Å². The second-order valence-corrected chi connectivity index (χ2v) is 8.96. The maximum atomic E-state index is 6.18. The minimum absolute atomic E-state index is 0. The lowest BCUT2D eigenvalue weighted by atomic mass is 9.89. The highest BCUT2D eigenvalue weighted by Crippen LogP contribution is 2.33. The second-order valence-electron chi connectivity index (χ2n) is 8.96. The Morgan fingerprint density at radius 2 is 1.88 bits per heavy atom. The lowest BCUT2D eigenvalue weighted by Crippen LogP contribution is -2.41. The number of aliphatic imine (C=N–C) groups is 1. The van der Waals surface area contributed by atoms with Crippen LogP contribution in [0.4, 0.5) is 5.82 Å². The van der Waals surface area contributed by atoms with Crippen molar-refractivity contribution >= 4 is 46.7 Å². The van der Waals surface area contributed by atoms with Gasteiger partial charge in [0.05, 0.1) is 11.6 Å². The molecule has 0 saturated carbocycles. The lowest BCUT2D eigenvalue weighted by Gasteiger charge is -2.32. The molecule has 1 fully saturated rings. The van der Waals surface area contributed by atoms with Gasteiger partial charge in [-0.3, -0.25) is 4.99 Å². The number of aromatic nitrogens is 1. The largest absolute Gasteiger partial charge is 0.373 e. The molecule has 3 aromatic rings. The molecule has 0 amide bonds. The first-order valence-electron chi connectivity index (χ1n) is 11.7. The Labute approximate surface area is 220 Å². The molecule has 1 aromatic heterocycles. The fraction of sp³-hybridized carbons (Fsp3) is 0.407. The van der Waals surface area contributed by atoms with Crippen LogP contribution in [0.25, 0.3) is 10.9 Å². The molecule has 6 nitrogen and oxygen atoms in total. The van der Waals surface area contributed by atoms with Crippen molar-refractivity contribution in [2.75, 3.05) is 39.2 Å². The predicted octanol–water partition coefficient (Wildman–Crippen LogP) is 5.06. The summed E-state index contributed by atoms with van der Waals surface area (Å²) in [5.74, 6) is 2.16. The average Bonchev–Trinajstić information content (AvgIpc) is 2.84. The molecule has 1 saturated heterocycles. The number of para-hydroxylation sites is 1. The van der Waals surface area contributed by atoms with Crippen molar-refractivity contribution in [1.29, 1.82) is 0 Å². The van der Waals surface area contributed by atoms with E-state index >= 15 is 0 Å². The topological polar surface area (TPSA) is 61.8 Å². The highest BCUT2D eigenvalue weighted by atomic mass is 127. The van der Waals surface area contributed by atoms with Gasteiger partial charge < -0.3 is 20.3 Å². The number of ether oxygens (including phenoxy) is 1. The van der Waals surface area contributed by atoms with Gasteiger partial charge in [-0.1, -0.05) is 48.0 Å². The minimum Gasteiger partial charge on any atom is -0.373 e. The van der Waals surface area contributed by atoms with Crippen LogP contribution in [0.5, 0.6) is 0 Å². The average molecular weight is 574 g/mol. The normalized spacial score (nSPS) is 18.3. The quantitative estimate of drug-likeness (QED) is 0.245. The van der Waals surface area contributed by atoms with E-state index in [1.165, 1.54) is 16.7 Å². The molecule has 182 valence electrons. The van der Waals surface area contributed by atoms with Crippen LogP contribution in [-0.2, 0) is 11.3 Å². The number of hydrogen-bond acceptors (Lipinski definition) is 4. The molecule has 2 heterocycles. The molecule has 2 aromatic carbocycles.